The summed E-state index contributed by atoms with van der Waals surface area (Å²) in [6, 6.07) is 5.35. The number of hydrogen-bond donors (Lipinski definition) is 2. The molecule has 0 aliphatic heterocycles. The van der Waals surface area contributed by atoms with Crippen molar-refractivity contribution in [2.24, 2.45) is 0 Å². The third-order valence-corrected chi connectivity index (χ3v) is 4.05. The molecule has 0 atom stereocenters. The van der Waals surface area contributed by atoms with Crippen LogP contribution in [-0.4, -0.2) is 35.8 Å². The molecule has 0 bridgehead atoms. The van der Waals surface area contributed by atoms with Gasteiger partial charge in [0.05, 0.1) is 12.2 Å². The second-order valence-corrected chi connectivity index (χ2v) is 6.04. The van der Waals surface area contributed by atoms with E-state index in [1.165, 1.54) is 24.3 Å². The summed E-state index contributed by atoms with van der Waals surface area (Å²) in [5.74, 6) is -2.61. The van der Waals surface area contributed by atoms with Gasteiger partial charge in [-0.2, -0.15) is 0 Å². The fourth-order valence-electron chi connectivity index (χ4n) is 2.73. The number of amides is 1. The van der Waals surface area contributed by atoms with E-state index in [9.17, 15) is 18.8 Å². The number of aromatic nitrogens is 1. The van der Waals surface area contributed by atoms with Crippen LogP contribution in [0.2, 0.25) is 0 Å². The minimum atomic E-state index is -0.788. The van der Waals surface area contributed by atoms with Crippen molar-refractivity contribution in [3.8, 4) is 11.1 Å². The lowest BCUT2D eigenvalue weighted by Crippen LogP contribution is -2.32. The molecule has 1 aromatic carbocycles. The van der Waals surface area contributed by atoms with Gasteiger partial charge in [-0.05, 0) is 38.0 Å². The number of rotatable bonds is 8. The Labute approximate surface area is 157 Å². The molecule has 0 unspecified atom stereocenters. The molecule has 1 heterocycles. The molecule has 0 radical (unpaired) electrons. The second kappa shape index (κ2) is 9.12. The first kappa shape index (κ1) is 20.4. The summed E-state index contributed by atoms with van der Waals surface area (Å²) in [7, 11) is 0. The summed E-state index contributed by atoms with van der Waals surface area (Å²) in [6.45, 7) is 5.81. The van der Waals surface area contributed by atoms with Crippen molar-refractivity contribution in [1.29, 1.82) is 0 Å². The number of aryl methyl sites for hydroxylation is 1. The van der Waals surface area contributed by atoms with Gasteiger partial charge in [0.25, 0.3) is 11.7 Å². The SMILES string of the molecule is CCCCNC(=O)C(=O)c1[nH]c(C)c(C(=O)OCC)c1-c1ccc(F)cc1. The summed E-state index contributed by atoms with van der Waals surface area (Å²) in [6.07, 6.45) is 1.63. The molecule has 1 aromatic heterocycles. The first-order chi connectivity index (χ1) is 12.9. The van der Waals surface area contributed by atoms with Crippen LogP contribution >= 0.6 is 0 Å². The maximum atomic E-state index is 13.3. The number of ether oxygens (including phenoxy) is 1. The standard InChI is InChI=1S/C20H23FN2O4/c1-4-6-11-22-19(25)18(24)17-16(13-7-9-14(21)10-8-13)15(12(3)23-17)20(26)27-5-2/h7-10,23H,4-6,11H2,1-3H3,(H,22,25). The highest BCUT2D eigenvalue weighted by molar-refractivity contribution is 6.43. The lowest BCUT2D eigenvalue weighted by atomic mass is 9.98. The largest absolute Gasteiger partial charge is 0.462 e. The van der Waals surface area contributed by atoms with Crippen molar-refractivity contribution in [2.45, 2.75) is 33.6 Å². The number of unbranched alkanes of at least 4 members (excludes halogenated alkanes) is 1. The van der Waals surface area contributed by atoms with Crippen LogP contribution in [-0.2, 0) is 9.53 Å². The number of hydrogen-bond acceptors (Lipinski definition) is 4. The van der Waals surface area contributed by atoms with Gasteiger partial charge in [0.1, 0.15) is 11.5 Å². The summed E-state index contributed by atoms with van der Waals surface area (Å²) >= 11 is 0. The molecular formula is C20H23FN2O4. The minimum absolute atomic E-state index is 0.0174. The Bertz CT molecular complexity index is 840. The van der Waals surface area contributed by atoms with Crippen LogP contribution in [0, 0.1) is 12.7 Å². The topological polar surface area (TPSA) is 88.3 Å². The number of benzene rings is 1. The van der Waals surface area contributed by atoms with Gasteiger partial charge in [-0.1, -0.05) is 25.5 Å². The summed E-state index contributed by atoms with van der Waals surface area (Å²) in [5, 5.41) is 2.57. The van der Waals surface area contributed by atoms with Gasteiger partial charge in [0.2, 0.25) is 0 Å². The molecule has 0 fully saturated rings. The predicted octanol–water partition coefficient (Wildman–Crippen LogP) is 3.40. The van der Waals surface area contributed by atoms with E-state index in [4.69, 9.17) is 4.74 Å². The van der Waals surface area contributed by atoms with Gasteiger partial charge in [-0.3, -0.25) is 9.59 Å². The quantitative estimate of drug-likeness (QED) is 0.321. The van der Waals surface area contributed by atoms with E-state index in [1.807, 2.05) is 6.92 Å². The molecule has 2 N–H and O–H groups in total. The van der Waals surface area contributed by atoms with Gasteiger partial charge in [-0.15, -0.1) is 0 Å². The Morgan fingerprint density at radius 1 is 1.15 bits per heavy atom. The van der Waals surface area contributed by atoms with Crippen LogP contribution in [0.5, 0.6) is 0 Å². The molecular weight excluding hydrogens is 351 g/mol. The molecule has 6 nitrogen and oxygen atoms in total. The van der Waals surface area contributed by atoms with Crippen LogP contribution in [0.4, 0.5) is 4.39 Å². The first-order valence-corrected chi connectivity index (χ1v) is 8.88. The van der Waals surface area contributed by atoms with E-state index in [-0.39, 0.29) is 23.4 Å². The molecule has 0 aliphatic rings. The molecule has 0 spiro atoms. The molecule has 0 saturated heterocycles. The number of nitrogens with one attached hydrogen (secondary N) is 2. The van der Waals surface area contributed by atoms with Crippen LogP contribution in [0.15, 0.2) is 24.3 Å². The molecule has 27 heavy (non-hydrogen) atoms. The van der Waals surface area contributed by atoms with Crippen molar-refractivity contribution >= 4 is 17.7 Å². The van der Waals surface area contributed by atoms with Gasteiger partial charge in [-0.25, -0.2) is 9.18 Å². The average Bonchev–Trinajstić information content (AvgIpc) is 2.99. The van der Waals surface area contributed by atoms with Crippen molar-refractivity contribution in [2.75, 3.05) is 13.2 Å². The number of carbonyl (C=O) groups excluding carboxylic acids is 3. The molecule has 144 valence electrons. The van der Waals surface area contributed by atoms with Crippen molar-refractivity contribution in [3.05, 3.63) is 47.0 Å². The van der Waals surface area contributed by atoms with Crippen LogP contribution in [0.25, 0.3) is 11.1 Å². The molecule has 2 rings (SSSR count). The van der Waals surface area contributed by atoms with E-state index >= 15 is 0 Å². The number of carbonyl (C=O) groups is 3. The van der Waals surface area contributed by atoms with Crippen molar-refractivity contribution < 1.29 is 23.5 Å². The normalized spacial score (nSPS) is 10.5. The van der Waals surface area contributed by atoms with Crippen LogP contribution in [0.3, 0.4) is 0 Å². The Hall–Kier alpha value is -2.96. The fraction of sp³-hybridized carbons (Fsp3) is 0.350. The zero-order valence-corrected chi connectivity index (χ0v) is 15.6. The number of ketones is 1. The van der Waals surface area contributed by atoms with Gasteiger partial charge in [0, 0.05) is 17.8 Å². The summed E-state index contributed by atoms with van der Waals surface area (Å²) in [5.41, 5.74) is 1.22. The van der Waals surface area contributed by atoms with Gasteiger partial charge in [0.15, 0.2) is 0 Å². The zero-order chi connectivity index (χ0) is 20.0. The Morgan fingerprint density at radius 2 is 1.81 bits per heavy atom. The number of H-pyrrole nitrogens is 1. The van der Waals surface area contributed by atoms with E-state index in [0.717, 1.165) is 12.8 Å². The summed E-state index contributed by atoms with van der Waals surface area (Å²) in [4.78, 5) is 40.1. The van der Waals surface area contributed by atoms with Gasteiger partial charge < -0.3 is 15.0 Å². The third-order valence-electron chi connectivity index (χ3n) is 4.05. The number of esters is 1. The molecule has 7 heteroatoms. The van der Waals surface area contributed by atoms with Gasteiger partial charge >= 0.3 is 5.97 Å². The highest BCUT2D eigenvalue weighted by Crippen LogP contribution is 2.31. The first-order valence-electron chi connectivity index (χ1n) is 8.88. The van der Waals surface area contributed by atoms with Crippen molar-refractivity contribution in [3.63, 3.8) is 0 Å². The second-order valence-electron chi connectivity index (χ2n) is 6.04. The number of halogens is 1. The molecule has 1 amide bonds. The van der Waals surface area contributed by atoms with E-state index in [1.54, 1.807) is 13.8 Å². The molecule has 0 saturated carbocycles. The zero-order valence-electron chi connectivity index (χ0n) is 15.6. The number of Topliss-reactive ketones (excluding diaryl/α,β-unsaturated/α-hetero) is 1. The maximum Gasteiger partial charge on any atom is 0.340 e. The van der Waals surface area contributed by atoms with Crippen molar-refractivity contribution in [1.82, 2.24) is 10.3 Å². The smallest absolute Gasteiger partial charge is 0.340 e. The van der Waals surface area contributed by atoms with Crippen LogP contribution < -0.4 is 5.32 Å². The highest BCUT2D eigenvalue weighted by Gasteiger charge is 2.29. The van der Waals surface area contributed by atoms with Crippen LogP contribution in [0.1, 0.15) is 53.2 Å². The lowest BCUT2D eigenvalue weighted by Gasteiger charge is -2.08. The fourth-order valence-corrected chi connectivity index (χ4v) is 2.73. The Morgan fingerprint density at radius 3 is 2.41 bits per heavy atom. The Balaban J connectivity index is 2.52. The average molecular weight is 374 g/mol. The third kappa shape index (κ3) is 4.61. The Kier molecular flexibility index (Phi) is 6.87. The van der Waals surface area contributed by atoms with E-state index < -0.39 is 23.5 Å². The predicted molar refractivity (Wildman–Crippen MR) is 99.1 cm³/mol. The lowest BCUT2D eigenvalue weighted by molar-refractivity contribution is -0.117. The molecule has 2 aromatic rings. The summed E-state index contributed by atoms with van der Waals surface area (Å²) < 4.78 is 18.4. The maximum absolute atomic E-state index is 13.3. The highest BCUT2D eigenvalue weighted by atomic mass is 19.1. The number of aromatic amines is 1. The van der Waals surface area contributed by atoms with E-state index in [0.29, 0.717) is 17.8 Å². The molecule has 0 aliphatic carbocycles. The van der Waals surface area contributed by atoms with E-state index in [2.05, 4.69) is 10.3 Å². The minimum Gasteiger partial charge on any atom is -0.462 e. The monoisotopic (exact) mass is 374 g/mol.